The van der Waals surface area contributed by atoms with Crippen molar-refractivity contribution in [3.8, 4) is 11.8 Å². The number of carboxylic acids is 1. The van der Waals surface area contributed by atoms with Crippen LogP contribution in [0.15, 0.2) is 36.4 Å². The molecule has 2 aromatic carbocycles. The summed E-state index contributed by atoms with van der Waals surface area (Å²) in [5.74, 6) is -1.87. The zero-order valence-corrected chi connectivity index (χ0v) is 13.6. The second kappa shape index (κ2) is 7.82. The maximum atomic E-state index is 13.3. The van der Waals surface area contributed by atoms with Crippen molar-refractivity contribution in [1.82, 2.24) is 0 Å². The van der Waals surface area contributed by atoms with Gasteiger partial charge in [0.15, 0.2) is 5.75 Å². The van der Waals surface area contributed by atoms with E-state index in [1.54, 1.807) is 6.07 Å². The Balaban J connectivity index is 2.38. The van der Waals surface area contributed by atoms with Crippen molar-refractivity contribution in [2.24, 2.45) is 0 Å². The molecule has 0 aliphatic carbocycles. The van der Waals surface area contributed by atoms with Crippen molar-refractivity contribution in [3.63, 3.8) is 0 Å². The highest BCUT2D eigenvalue weighted by atomic mass is 35.5. The number of halogens is 3. The molecule has 0 N–H and O–H groups in total. The van der Waals surface area contributed by atoms with E-state index < -0.39 is 18.4 Å². The van der Waals surface area contributed by atoms with Crippen LogP contribution in [-0.4, -0.2) is 12.6 Å². The number of nitrogens with zero attached hydrogens (tertiary/aromatic N) is 1. The van der Waals surface area contributed by atoms with E-state index in [1.165, 1.54) is 36.4 Å². The molecule has 0 fully saturated rings. The number of carbonyl (C=O) groups is 1. The zero-order chi connectivity index (χ0) is 17.7. The van der Waals surface area contributed by atoms with Gasteiger partial charge in [0.1, 0.15) is 12.4 Å². The molecule has 7 heteroatoms. The number of carbonyl (C=O) groups excluding carboxylic acids is 1. The lowest BCUT2D eigenvalue weighted by molar-refractivity contribution is -0.307. The van der Waals surface area contributed by atoms with Gasteiger partial charge in [0.2, 0.25) is 0 Å². The number of aliphatic carboxylic acids is 1. The minimum Gasteiger partial charge on any atom is -0.546 e. The molecule has 2 rings (SSSR count). The molecule has 4 nitrogen and oxygen atoms in total. The van der Waals surface area contributed by atoms with Gasteiger partial charge in [-0.25, -0.2) is 4.39 Å². The average molecular weight is 365 g/mol. The van der Waals surface area contributed by atoms with Crippen molar-refractivity contribution >= 4 is 40.8 Å². The summed E-state index contributed by atoms with van der Waals surface area (Å²) in [5.41, 5.74) is 1.10. The van der Waals surface area contributed by atoms with Crippen LogP contribution in [0.2, 0.25) is 10.0 Å². The van der Waals surface area contributed by atoms with Crippen LogP contribution in [0.3, 0.4) is 0 Å². The van der Waals surface area contributed by atoms with Gasteiger partial charge in [-0.05, 0) is 41.5 Å². The van der Waals surface area contributed by atoms with Crippen LogP contribution in [0.5, 0.6) is 5.75 Å². The third kappa shape index (κ3) is 4.48. The van der Waals surface area contributed by atoms with Gasteiger partial charge in [-0.3, -0.25) is 0 Å². The Hall–Kier alpha value is -2.55. The summed E-state index contributed by atoms with van der Waals surface area (Å²) in [5, 5.41) is 19.8. The lowest BCUT2D eigenvalue weighted by Crippen LogP contribution is -2.29. The molecular formula is C17H9Cl2FNO3-. The first-order valence-corrected chi connectivity index (χ1v) is 7.35. The molecule has 0 heterocycles. The smallest absolute Gasteiger partial charge is 0.157 e. The number of allylic oxidation sites excluding steroid dienone is 1. The summed E-state index contributed by atoms with van der Waals surface area (Å²) in [4.78, 5) is 10.4. The van der Waals surface area contributed by atoms with Crippen LogP contribution in [0.1, 0.15) is 11.1 Å². The molecule has 24 heavy (non-hydrogen) atoms. The van der Waals surface area contributed by atoms with Gasteiger partial charge in [-0.2, -0.15) is 5.26 Å². The van der Waals surface area contributed by atoms with E-state index in [0.717, 1.165) is 0 Å². The first kappa shape index (κ1) is 17.8. The largest absolute Gasteiger partial charge is 0.546 e. The average Bonchev–Trinajstić information content (AvgIpc) is 2.51. The minimum atomic E-state index is -1.41. The molecule has 122 valence electrons. The molecule has 0 amide bonds. The van der Waals surface area contributed by atoms with Crippen molar-refractivity contribution < 1.29 is 19.0 Å². The van der Waals surface area contributed by atoms with E-state index in [1.807, 2.05) is 6.07 Å². The SMILES string of the molecule is N#C/C(=C/c1cc(Cl)c(OCC(=O)[O-])c(Cl)c1)c1cccc(F)c1. The summed E-state index contributed by atoms with van der Waals surface area (Å²) in [6, 6.07) is 10.5. The van der Waals surface area contributed by atoms with E-state index in [2.05, 4.69) is 0 Å². The summed E-state index contributed by atoms with van der Waals surface area (Å²) >= 11 is 12.0. The third-order valence-corrected chi connectivity index (χ3v) is 3.48. The van der Waals surface area contributed by atoms with Gasteiger partial charge in [-0.1, -0.05) is 35.3 Å². The molecule has 0 atom stereocenters. The molecule has 0 aromatic heterocycles. The number of carboxylic acid groups (broad SMARTS) is 1. The topological polar surface area (TPSA) is 73.1 Å². The molecule has 0 bridgehead atoms. The number of benzene rings is 2. The van der Waals surface area contributed by atoms with Crippen LogP contribution < -0.4 is 9.84 Å². The van der Waals surface area contributed by atoms with Gasteiger partial charge in [0, 0.05) is 0 Å². The maximum Gasteiger partial charge on any atom is 0.157 e. The number of hydrogen-bond donors (Lipinski definition) is 0. The van der Waals surface area contributed by atoms with E-state index in [0.29, 0.717) is 11.1 Å². The quantitative estimate of drug-likeness (QED) is 0.602. The lowest BCUT2D eigenvalue weighted by Gasteiger charge is -2.11. The van der Waals surface area contributed by atoms with Gasteiger partial charge >= 0.3 is 0 Å². The Morgan fingerprint density at radius 1 is 1.29 bits per heavy atom. The number of ether oxygens (including phenoxy) is 1. The van der Waals surface area contributed by atoms with Crippen LogP contribution in [0.25, 0.3) is 11.6 Å². The van der Waals surface area contributed by atoms with Crippen molar-refractivity contribution in [1.29, 1.82) is 5.26 Å². The minimum absolute atomic E-state index is 0.00365. The highest BCUT2D eigenvalue weighted by Crippen LogP contribution is 2.35. The molecule has 0 saturated carbocycles. The number of nitriles is 1. The highest BCUT2D eigenvalue weighted by molar-refractivity contribution is 6.37. The predicted octanol–water partition coefficient (Wildman–Crippen LogP) is 3.33. The van der Waals surface area contributed by atoms with E-state index >= 15 is 0 Å². The van der Waals surface area contributed by atoms with Gasteiger partial charge < -0.3 is 14.6 Å². The summed E-state index contributed by atoms with van der Waals surface area (Å²) in [6.07, 6.45) is 1.48. The second-order valence-electron chi connectivity index (χ2n) is 4.65. The van der Waals surface area contributed by atoms with E-state index in [9.17, 15) is 19.6 Å². The van der Waals surface area contributed by atoms with E-state index in [-0.39, 0.29) is 21.4 Å². The Labute approximate surface area is 147 Å². The summed E-state index contributed by atoms with van der Waals surface area (Å²) in [7, 11) is 0. The Bertz CT molecular complexity index is 836. The van der Waals surface area contributed by atoms with Crippen LogP contribution >= 0.6 is 23.2 Å². The van der Waals surface area contributed by atoms with Crippen LogP contribution in [0, 0.1) is 17.1 Å². The lowest BCUT2D eigenvalue weighted by atomic mass is 10.0. The van der Waals surface area contributed by atoms with Gasteiger partial charge in [0.25, 0.3) is 0 Å². The monoisotopic (exact) mass is 364 g/mol. The Morgan fingerprint density at radius 2 is 1.96 bits per heavy atom. The first-order valence-electron chi connectivity index (χ1n) is 6.60. The Kier molecular flexibility index (Phi) is 5.80. The molecule has 0 saturated heterocycles. The fourth-order valence-corrected chi connectivity index (χ4v) is 2.55. The van der Waals surface area contributed by atoms with Crippen LogP contribution in [-0.2, 0) is 4.79 Å². The van der Waals surface area contributed by atoms with E-state index in [4.69, 9.17) is 27.9 Å². The molecule has 0 spiro atoms. The summed E-state index contributed by atoms with van der Waals surface area (Å²) < 4.78 is 18.2. The molecule has 2 aromatic rings. The fraction of sp³-hybridized carbons (Fsp3) is 0.0588. The molecule has 0 aliphatic rings. The van der Waals surface area contributed by atoms with Gasteiger partial charge in [0.05, 0.1) is 27.7 Å². The van der Waals surface area contributed by atoms with Crippen molar-refractivity contribution in [2.45, 2.75) is 0 Å². The van der Waals surface area contributed by atoms with Crippen LogP contribution in [0.4, 0.5) is 4.39 Å². The molecule has 0 aliphatic heterocycles. The second-order valence-corrected chi connectivity index (χ2v) is 5.47. The Morgan fingerprint density at radius 3 is 2.50 bits per heavy atom. The third-order valence-electron chi connectivity index (χ3n) is 2.92. The fourth-order valence-electron chi connectivity index (χ4n) is 1.93. The molecule has 0 radical (unpaired) electrons. The zero-order valence-electron chi connectivity index (χ0n) is 12.1. The number of hydrogen-bond acceptors (Lipinski definition) is 4. The number of rotatable bonds is 5. The normalized spacial score (nSPS) is 11.0. The maximum absolute atomic E-state index is 13.3. The van der Waals surface area contributed by atoms with Gasteiger partial charge in [-0.15, -0.1) is 0 Å². The predicted molar refractivity (Wildman–Crippen MR) is 86.8 cm³/mol. The molecular weight excluding hydrogens is 356 g/mol. The summed E-state index contributed by atoms with van der Waals surface area (Å²) in [6.45, 7) is -0.693. The molecule has 0 unspecified atom stereocenters. The van der Waals surface area contributed by atoms with Crippen molar-refractivity contribution in [2.75, 3.05) is 6.61 Å². The van der Waals surface area contributed by atoms with Crippen molar-refractivity contribution in [3.05, 3.63) is 63.4 Å². The standard InChI is InChI=1S/C17H10Cl2FNO3/c18-14-5-10(6-15(19)17(14)24-9-16(22)23)4-12(8-21)11-2-1-3-13(20)7-11/h1-7H,9H2,(H,22,23)/p-1/b12-4-. The first-order chi connectivity index (χ1) is 11.4. The highest BCUT2D eigenvalue weighted by Gasteiger charge is 2.10.